The van der Waals surface area contributed by atoms with Crippen molar-refractivity contribution in [2.75, 3.05) is 19.5 Å². The van der Waals surface area contributed by atoms with Crippen molar-refractivity contribution in [3.63, 3.8) is 0 Å². The summed E-state index contributed by atoms with van der Waals surface area (Å²) in [6.07, 6.45) is 6.13. The number of ether oxygens (including phenoxy) is 1. The topological polar surface area (TPSA) is 91.3 Å². The van der Waals surface area contributed by atoms with Gasteiger partial charge in [-0.3, -0.25) is 0 Å². The Hall–Kier alpha value is -1.07. The SMILES string of the molecule is C=C1N=C(N)C=CN1[C@@H]1O[C@H](C(C)CP(=C)(C)C)[C@@H](O)[C@]1(C)O. The van der Waals surface area contributed by atoms with Crippen molar-refractivity contribution in [3.8, 4) is 0 Å². The monoisotopic (exact) mass is 341 g/mol. The van der Waals surface area contributed by atoms with Gasteiger partial charge in [0.15, 0.2) is 6.23 Å². The smallest absolute Gasteiger partial charge is 0.166 e. The fourth-order valence-corrected chi connectivity index (χ4v) is 4.98. The molecule has 0 bridgehead atoms. The standard InChI is InChI=1S/C16H28N3O3P/c1-10(9-23(4,5)6)13-14(20)16(3,21)15(22-13)19-8-7-12(17)18-11(19)2/h7-8,10,13-15,20-21H,2,4,9H2,1,3,5-6H3,(H2,17,18)/t10?,13-,14-,15-,16+/m1/s1. The Kier molecular flexibility index (Phi) is 4.84. The highest BCUT2D eigenvalue weighted by Crippen LogP contribution is 2.43. The van der Waals surface area contributed by atoms with Crippen molar-refractivity contribution in [1.82, 2.24) is 4.90 Å². The van der Waals surface area contributed by atoms with E-state index in [2.05, 4.69) is 31.2 Å². The predicted octanol–water partition coefficient (Wildman–Crippen LogP) is 0.826. The molecule has 130 valence electrons. The van der Waals surface area contributed by atoms with Crippen molar-refractivity contribution >= 4 is 19.0 Å². The van der Waals surface area contributed by atoms with Crippen LogP contribution >= 0.6 is 6.89 Å². The van der Waals surface area contributed by atoms with Crippen molar-refractivity contribution in [2.45, 2.75) is 37.9 Å². The van der Waals surface area contributed by atoms with Crippen LogP contribution < -0.4 is 5.73 Å². The van der Waals surface area contributed by atoms with Gasteiger partial charge >= 0.3 is 0 Å². The minimum atomic E-state index is -1.45. The van der Waals surface area contributed by atoms with Gasteiger partial charge in [-0.2, -0.15) is 0 Å². The Morgan fingerprint density at radius 2 is 2.17 bits per heavy atom. The van der Waals surface area contributed by atoms with Gasteiger partial charge in [0.25, 0.3) is 0 Å². The molecule has 1 unspecified atom stereocenters. The van der Waals surface area contributed by atoms with Crippen LogP contribution in [0.15, 0.2) is 29.7 Å². The summed E-state index contributed by atoms with van der Waals surface area (Å²) in [6, 6.07) is 0. The van der Waals surface area contributed by atoms with Crippen molar-refractivity contribution in [3.05, 3.63) is 24.7 Å². The zero-order valence-electron chi connectivity index (χ0n) is 14.3. The Morgan fingerprint density at radius 3 is 2.70 bits per heavy atom. The third-order valence-electron chi connectivity index (χ3n) is 4.25. The second-order valence-corrected chi connectivity index (χ2v) is 11.6. The second-order valence-electron chi connectivity index (χ2n) is 7.40. The van der Waals surface area contributed by atoms with E-state index in [-0.39, 0.29) is 5.92 Å². The summed E-state index contributed by atoms with van der Waals surface area (Å²) in [4.78, 5) is 5.70. The van der Waals surface area contributed by atoms with Gasteiger partial charge in [-0.15, -0.1) is 13.2 Å². The van der Waals surface area contributed by atoms with Crippen molar-refractivity contribution in [2.24, 2.45) is 16.6 Å². The lowest BCUT2D eigenvalue weighted by atomic mass is 9.91. The number of nitrogens with zero attached hydrogens (tertiary/aromatic N) is 2. The van der Waals surface area contributed by atoms with E-state index in [4.69, 9.17) is 10.5 Å². The first-order valence-corrected chi connectivity index (χ1v) is 10.7. The highest BCUT2D eigenvalue weighted by atomic mass is 31.2. The Balaban J connectivity index is 2.22. The average Bonchev–Trinajstić information content (AvgIpc) is 2.60. The Bertz CT molecular complexity index is 593. The number of aliphatic hydroxyl groups excluding tert-OH is 1. The third kappa shape index (κ3) is 3.72. The maximum Gasteiger partial charge on any atom is 0.166 e. The quantitative estimate of drug-likeness (QED) is 0.659. The zero-order valence-corrected chi connectivity index (χ0v) is 15.2. The van der Waals surface area contributed by atoms with Crippen LogP contribution in [0.4, 0.5) is 0 Å². The molecule has 6 nitrogen and oxygen atoms in total. The highest BCUT2D eigenvalue weighted by Gasteiger charge is 2.55. The van der Waals surface area contributed by atoms with E-state index in [0.29, 0.717) is 11.7 Å². The lowest BCUT2D eigenvalue weighted by molar-refractivity contribution is -0.110. The first-order chi connectivity index (χ1) is 10.4. The molecule has 0 saturated carbocycles. The van der Waals surface area contributed by atoms with Gasteiger partial charge in [0, 0.05) is 6.20 Å². The van der Waals surface area contributed by atoms with Crippen molar-refractivity contribution < 1.29 is 14.9 Å². The Morgan fingerprint density at radius 1 is 1.57 bits per heavy atom. The predicted molar refractivity (Wildman–Crippen MR) is 97.0 cm³/mol. The first kappa shape index (κ1) is 18.3. The normalized spacial score (nSPS) is 36.3. The van der Waals surface area contributed by atoms with E-state index in [1.54, 1.807) is 24.1 Å². The van der Waals surface area contributed by atoms with Crippen LogP contribution in [0.5, 0.6) is 0 Å². The summed E-state index contributed by atoms with van der Waals surface area (Å²) in [5.74, 6) is 0.802. The largest absolute Gasteiger partial charge is 0.387 e. The third-order valence-corrected chi connectivity index (χ3v) is 5.82. The van der Waals surface area contributed by atoms with Crippen LogP contribution in [-0.2, 0) is 4.74 Å². The lowest BCUT2D eigenvalue weighted by Crippen LogP contribution is -2.51. The number of aliphatic imine (C=N–C) groups is 1. The highest BCUT2D eigenvalue weighted by molar-refractivity contribution is 7.72. The van der Waals surface area contributed by atoms with E-state index in [0.717, 1.165) is 6.16 Å². The second kappa shape index (κ2) is 6.10. The average molecular weight is 341 g/mol. The van der Waals surface area contributed by atoms with Crippen LogP contribution in [0, 0.1) is 5.92 Å². The van der Waals surface area contributed by atoms with Gasteiger partial charge in [0.2, 0.25) is 0 Å². The molecule has 23 heavy (non-hydrogen) atoms. The lowest BCUT2D eigenvalue weighted by Gasteiger charge is -2.35. The van der Waals surface area contributed by atoms with Crippen molar-refractivity contribution in [1.29, 1.82) is 0 Å². The molecule has 0 aromatic rings. The van der Waals surface area contributed by atoms with Crippen LogP contribution in [0.3, 0.4) is 0 Å². The molecular formula is C16H28N3O3P. The molecule has 1 saturated heterocycles. The van der Waals surface area contributed by atoms with Gasteiger partial charge in [-0.1, -0.05) is 13.5 Å². The molecule has 5 atom stereocenters. The van der Waals surface area contributed by atoms with E-state index in [1.807, 2.05) is 6.92 Å². The summed E-state index contributed by atoms with van der Waals surface area (Å²) in [7, 11) is 0. The molecule has 2 aliphatic heterocycles. The number of amidine groups is 1. The van der Waals surface area contributed by atoms with E-state index in [1.165, 1.54) is 0 Å². The number of hydrogen-bond donors (Lipinski definition) is 3. The van der Waals surface area contributed by atoms with Gasteiger partial charge in [-0.05, 0) is 38.4 Å². The maximum atomic E-state index is 10.8. The number of nitrogens with two attached hydrogens (primary N) is 1. The molecule has 0 aliphatic carbocycles. The van der Waals surface area contributed by atoms with Gasteiger partial charge < -0.3 is 25.6 Å². The molecule has 0 amide bonds. The summed E-state index contributed by atoms with van der Waals surface area (Å²) >= 11 is 0. The van der Waals surface area contributed by atoms with Crippen LogP contribution in [-0.4, -0.2) is 70.8 Å². The van der Waals surface area contributed by atoms with Crippen LogP contribution in [0.2, 0.25) is 0 Å². The molecule has 0 spiro atoms. The summed E-state index contributed by atoms with van der Waals surface area (Å²) in [6.45, 7) is 10.5. The van der Waals surface area contributed by atoms with E-state index >= 15 is 0 Å². The van der Waals surface area contributed by atoms with Gasteiger partial charge in [0.05, 0.1) is 6.10 Å². The molecule has 4 N–H and O–H groups in total. The minimum absolute atomic E-state index is 0.0814. The molecule has 1 fully saturated rings. The van der Waals surface area contributed by atoms with E-state index in [9.17, 15) is 10.2 Å². The van der Waals surface area contributed by atoms with Crippen LogP contribution in [0.1, 0.15) is 13.8 Å². The molecule has 0 aromatic heterocycles. The Labute approximate surface area is 138 Å². The zero-order chi connectivity index (χ0) is 17.6. The molecule has 7 heteroatoms. The van der Waals surface area contributed by atoms with Gasteiger partial charge in [0.1, 0.15) is 23.4 Å². The first-order valence-electron chi connectivity index (χ1n) is 7.66. The van der Waals surface area contributed by atoms with Crippen LogP contribution in [0.25, 0.3) is 0 Å². The fraction of sp³-hybridized carbons (Fsp3) is 0.625. The summed E-state index contributed by atoms with van der Waals surface area (Å²) < 4.78 is 6.04. The number of rotatable bonds is 4. The molecule has 0 aromatic carbocycles. The molecule has 0 radical (unpaired) electrons. The molecule has 2 aliphatic rings. The minimum Gasteiger partial charge on any atom is -0.387 e. The molecule has 2 rings (SSSR count). The number of aliphatic hydroxyl groups is 2. The fourth-order valence-electron chi connectivity index (χ4n) is 3.22. The van der Waals surface area contributed by atoms with E-state index < -0.39 is 30.9 Å². The maximum absolute atomic E-state index is 10.8. The molecular weight excluding hydrogens is 313 g/mol. The number of hydrogen-bond acceptors (Lipinski definition) is 6. The molecule has 2 heterocycles. The van der Waals surface area contributed by atoms with Gasteiger partial charge in [-0.25, -0.2) is 4.99 Å². The summed E-state index contributed by atoms with van der Waals surface area (Å²) in [5.41, 5.74) is 4.20. The summed E-state index contributed by atoms with van der Waals surface area (Å²) in [5, 5.41) is 21.4.